The van der Waals surface area contributed by atoms with E-state index < -0.39 is 20.4 Å². The highest BCUT2D eigenvalue weighted by molar-refractivity contribution is 6.74. The average molecular weight is 436 g/mol. The summed E-state index contributed by atoms with van der Waals surface area (Å²) in [6.07, 6.45) is 2.70. The Morgan fingerprint density at radius 1 is 1.17 bits per heavy atom. The number of carboxylic acids is 1. The van der Waals surface area contributed by atoms with Gasteiger partial charge in [-0.3, -0.25) is 4.79 Å². The quantitative estimate of drug-likeness (QED) is 0.539. The van der Waals surface area contributed by atoms with Gasteiger partial charge >= 0.3 is 12.1 Å². The number of amides is 1. The molecule has 0 saturated heterocycles. The molecular weight excluding hydrogens is 398 g/mol. The Morgan fingerprint density at radius 3 is 2.43 bits per heavy atom. The Balaban J connectivity index is 2.08. The van der Waals surface area contributed by atoms with E-state index in [2.05, 4.69) is 39.2 Å². The van der Waals surface area contributed by atoms with Crippen LogP contribution in [-0.4, -0.2) is 37.6 Å². The second-order valence-electron chi connectivity index (χ2n) is 9.78. The van der Waals surface area contributed by atoms with E-state index in [0.29, 0.717) is 6.42 Å². The minimum Gasteiger partial charge on any atom is -0.481 e. The van der Waals surface area contributed by atoms with Crippen molar-refractivity contribution in [1.29, 1.82) is 0 Å². The van der Waals surface area contributed by atoms with Gasteiger partial charge in [-0.05, 0) is 48.9 Å². The summed E-state index contributed by atoms with van der Waals surface area (Å²) in [4.78, 5) is 23.6. The number of rotatable bonds is 8. The standard InChI is InChI=1S/C23H37NO5Si/c1-23(2,3)30(4,5)29-21-18(14-15-20(25)26)12-9-13-19(21)24-22(27)28-16-17-10-7-6-8-11-17/h6-8,10-11,18-19,21H,9,12-16H2,1-5H3,(H,24,27)(H,25,26)/t18-,19-,21?/m1/s1. The van der Waals surface area contributed by atoms with E-state index in [4.69, 9.17) is 14.3 Å². The fraction of sp³-hybridized carbons (Fsp3) is 0.652. The Kier molecular flexibility index (Phi) is 8.49. The lowest BCUT2D eigenvalue weighted by Gasteiger charge is -2.46. The summed E-state index contributed by atoms with van der Waals surface area (Å²) in [7, 11) is -2.09. The van der Waals surface area contributed by atoms with Crippen LogP contribution >= 0.6 is 0 Å². The second-order valence-corrected chi connectivity index (χ2v) is 14.5. The van der Waals surface area contributed by atoms with Crippen LogP contribution in [0.4, 0.5) is 4.79 Å². The van der Waals surface area contributed by atoms with Crippen molar-refractivity contribution in [3.8, 4) is 0 Å². The molecule has 0 radical (unpaired) electrons. The third kappa shape index (κ3) is 7.13. The Labute approximate surface area is 181 Å². The van der Waals surface area contributed by atoms with Gasteiger partial charge in [0, 0.05) is 6.42 Å². The average Bonchev–Trinajstić information content (AvgIpc) is 2.66. The van der Waals surface area contributed by atoms with Gasteiger partial charge in [-0.2, -0.15) is 0 Å². The van der Waals surface area contributed by atoms with E-state index in [1.54, 1.807) is 0 Å². The van der Waals surface area contributed by atoms with E-state index in [0.717, 1.165) is 24.8 Å². The normalized spacial score (nSPS) is 22.4. The minimum atomic E-state index is -2.09. The van der Waals surface area contributed by atoms with Crippen LogP contribution in [-0.2, 0) is 20.6 Å². The number of hydrogen-bond donors (Lipinski definition) is 2. The topological polar surface area (TPSA) is 84.9 Å². The molecule has 30 heavy (non-hydrogen) atoms. The molecule has 0 bridgehead atoms. The molecule has 1 aromatic rings. The number of ether oxygens (including phenoxy) is 1. The molecule has 168 valence electrons. The molecule has 3 atom stereocenters. The number of nitrogens with one attached hydrogen (secondary N) is 1. The molecule has 1 aliphatic rings. The van der Waals surface area contributed by atoms with E-state index in [9.17, 15) is 9.59 Å². The molecule has 7 heteroatoms. The molecule has 2 N–H and O–H groups in total. The van der Waals surface area contributed by atoms with Crippen LogP contribution in [0.5, 0.6) is 0 Å². The molecule has 1 amide bonds. The summed E-state index contributed by atoms with van der Waals surface area (Å²) in [6.45, 7) is 11.2. The Morgan fingerprint density at radius 2 is 1.83 bits per heavy atom. The highest BCUT2D eigenvalue weighted by Crippen LogP contribution is 2.41. The summed E-state index contributed by atoms with van der Waals surface area (Å²) >= 11 is 0. The van der Waals surface area contributed by atoms with Crippen molar-refractivity contribution in [1.82, 2.24) is 5.32 Å². The van der Waals surface area contributed by atoms with Crippen molar-refractivity contribution in [2.45, 2.75) is 89.8 Å². The monoisotopic (exact) mass is 435 g/mol. The van der Waals surface area contributed by atoms with Crippen molar-refractivity contribution in [2.75, 3.05) is 0 Å². The van der Waals surface area contributed by atoms with E-state index in [1.165, 1.54) is 0 Å². The van der Waals surface area contributed by atoms with Crippen LogP contribution in [0.1, 0.15) is 58.4 Å². The highest BCUT2D eigenvalue weighted by Gasteiger charge is 2.44. The molecule has 2 rings (SSSR count). The fourth-order valence-corrected chi connectivity index (χ4v) is 5.03. The van der Waals surface area contributed by atoms with Crippen molar-refractivity contribution < 1.29 is 23.9 Å². The van der Waals surface area contributed by atoms with Gasteiger partial charge in [0.05, 0.1) is 12.1 Å². The molecule has 1 fully saturated rings. The number of carboxylic acid groups (broad SMARTS) is 1. The first kappa shape index (κ1) is 24.4. The number of carbonyl (C=O) groups is 2. The summed E-state index contributed by atoms with van der Waals surface area (Å²) in [5.74, 6) is -0.679. The van der Waals surface area contributed by atoms with Gasteiger partial charge < -0.3 is 19.6 Å². The zero-order valence-corrected chi connectivity index (χ0v) is 19.9. The lowest BCUT2D eigenvalue weighted by Crippen LogP contribution is -2.56. The van der Waals surface area contributed by atoms with Crippen LogP contribution in [0.2, 0.25) is 18.1 Å². The molecule has 1 saturated carbocycles. The molecule has 1 aliphatic carbocycles. The highest BCUT2D eigenvalue weighted by atomic mass is 28.4. The number of benzene rings is 1. The summed E-state index contributed by atoms with van der Waals surface area (Å²) in [6, 6.07) is 9.40. The van der Waals surface area contributed by atoms with Crippen LogP contribution in [0.15, 0.2) is 30.3 Å². The largest absolute Gasteiger partial charge is 0.481 e. The van der Waals surface area contributed by atoms with Crippen LogP contribution in [0.25, 0.3) is 0 Å². The van der Waals surface area contributed by atoms with Crippen molar-refractivity contribution in [3.63, 3.8) is 0 Å². The summed E-state index contributed by atoms with van der Waals surface area (Å²) in [5, 5.41) is 12.2. The molecule has 1 aromatic carbocycles. The van der Waals surface area contributed by atoms with Crippen molar-refractivity contribution in [2.24, 2.45) is 5.92 Å². The van der Waals surface area contributed by atoms with E-state index >= 15 is 0 Å². The van der Waals surface area contributed by atoms with Crippen molar-refractivity contribution >= 4 is 20.4 Å². The van der Waals surface area contributed by atoms with Crippen LogP contribution in [0.3, 0.4) is 0 Å². The Bertz CT molecular complexity index is 701. The lowest BCUT2D eigenvalue weighted by atomic mass is 9.80. The van der Waals surface area contributed by atoms with E-state index in [1.807, 2.05) is 30.3 Å². The maximum absolute atomic E-state index is 12.5. The second kappa shape index (κ2) is 10.4. The first-order valence-electron chi connectivity index (χ1n) is 10.9. The predicted octanol–water partition coefficient (Wildman–Crippen LogP) is 5.34. The first-order valence-corrected chi connectivity index (χ1v) is 13.8. The maximum Gasteiger partial charge on any atom is 0.407 e. The number of alkyl carbamates (subject to hydrolysis) is 1. The third-order valence-electron chi connectivity index (χ3n) is 6.43. The van der Waals surface area contributed by atoms with Crippen LogP contribution < -0.4 is 5.32 Å². The zero-order chi connectivity index (χ0) is 22.4. The van der Waals surface area contributed by atoms with E-state index in [-0.39, 0.29) is 36.1 Å². The van der Waals surface area contributed by atoms with Gasteiger partial charge in [0.15, 0.2) is 8.32 Å². The number of carbonyl (C=O) groups excluding carboxylic acids is 1. The Hall–Kier alpha value is -1.86. The van der Waals surface area contributed by atoms with Gasteiger partial charge in [0.25, 0.3) is 0 Å². The first-order chi connectivity index (χ1) is 14.0. The predicted molar refractivity (Wildman–Crippen MR) is 120 cm³/mol. The van der Waals surface area contributed by atoms with Gasteiger partial charge in [-0.15, -0.1) is 0 Å². The zero-order valence-electron chi connectivity index (χ0n) is 18.9. The molecule has 1 unspecified atom stereocenters. The number of hydrogen-bond acceptors (Lipinski definition) is 4. The molecule has 6 nitrogen and oxygen atoms in total. The SMILES string of the molecule is CC(C)(C)[Si](C)(C)OC1[C@@H](CCC(=O)O)CCC[C@H]1NC(=O)OCc1ccccc1. The van der Waals surface area contributed by atoms with Gasteiger partial charge in [0.2, 0.25) is 0 Å². The molecule has 0 spiro atoms. The third-order valence-corrected chi connectivity index (χ3v) is 10.9. The fourth-order valence-electron chi connectivity index (χ4n) is 3.64. The molecular formula is C23H37NO5Si. The lowest BCUT2D eigenvalue weighted by molar-refractivity contribution is -0.137. The maximum atomic E-state index is 12.5. The number of aliphatic carboxylic acids is 1. The molecule has 0 aromatic heterocycles. The smallest absolute Gasteiger partial charge is 0.407 e. The van der Waals surface area contributed by atoms with Gasteiger partial charge in [-0.25, -0.2) is 4.79 Å². The van der Waals surface area contributed by atoms with Gasteiger partial charge in [0.1, 0.15) is 6.61 Å². The van der Waals surface area contributed by atoms with Gasteiger partial charge in [-0.1, -0.05) is 57.5 Å². The molecule has 0 aliphatic heterocycles. The van der Waals surface area contributed by atoms with Crippen molar-refractivity contribution in [3.05, 3.63) is 35.9 Å². The summed E-state index contributed by atoms with van der Waals surface area (Å²) in [5.41, 5.74) is 0.935. The van der Waals surface area contributed by atoms with Crippen LogP contribution in [0, 0.1) is 5.92 Å². The summed E-state index contributed by atoms with van der Waals surface area (Å²) < 4.78 is 12.2. The minimum absolute atomic E-state index is 0.0279. The molecule has 0 heterocycles.